The number of benzene rings is 1. The first kappa shape index (κ1) is 15.6. The molecule has 2 N–H and O–H groups in total. The minimum absolute atomic E-state index is 0.103. The van der Waals surface area contributed by atoms with Gasteiger partial charge in [0, 0.05) is 12.5 Å². The quantitative estimate of drug-likeness (QED) is 0.861. The Kier molecular flexibility index (Phi) is 5.41. The molecule has 0 bridgehead atoms. The van der Waals surface area contributed by atoms with Gasteiger partial charge in [-0.25, -0.2) is 0 Å². The van der Waals surface area contributed by atoms with Crippen molar-refractivity contribution in [2.24, 2.45) is 0 Å². The second kappa shape index (κ2) is 7.28. The summed E-state index contributed by atoms with van der Waals surface area (Å²) in [6.07, 6.45) is 0. The number of hydrogen-bond donors (Lipinski definition) is 2. The van der Waals surface area contributed by atoms with Gasteiger partial charge in [-0.2, -0.15) is 0 Å². The molecule has 0 spiro atoms. The summed E-state index contributed by atoms with van der Waals surface area (Å²) < 4.78 is 0. The fourth-order valence-corrected chi connectivity index (χ4v) is 2.47. The Morgan fingerprint density at radius 3 is 2.57 bits per heavy atom. The molecular weight excluding hydrogens is 284 g/mol. The number of aromatic nitrogens is 2. The molecule has 0 saturated carbocycles. The molecule has 0 radical (unpaired) electrons. The third-order valence-electron chi connectivity index (χ3n) is 2.92. The van der Waals surface area contributed by atoms with Crippen molar-refractivity contribution in [1.29, 1.82) is 0 Å². The summed E-state index contributed by atoms with van der Waals surface area (Å²) in [5, 5.41) is 15.4. The predicted molar refractivity (Wildman–Crippen MR) is 85.5 cm³/mol. The summed E-state index contributed by atoms with van der Waals surface area (Å²) in [4.78, 5) is 11.8. The SMILES string of the molecule is Cc1ccc(CNCC(=O)Nc2nnc(C(C)C)s2)cc1. The maximum atomic E-state index is 11.8. The Balaban J connectivity index is 1.75. The Hall–Kier alpha value is -1.79. The van der Waals surface area contributed by atoms with Crippen molar-refractivity contribution in [3.8, 4) is 0 Å². The predicted octanol–water partition coefficient (Wildman–Crippen LogP) is 2.70. The molecular formula is C15H20N4OS. The van der Waals surface area contributed by atoms with E-state index in [2.05, 4.69) is 65.9 Å². The van der Waals surface area contributed by atoms with Crippen LogP contribution in [-0.2, 0) is 11.3 Å². The van der Waals surface area contributed by atoms with Crippen LogP contribution < -0.4 is 10.6 Å². The van der Waals surface area contributed by atoms with Crippen LogP contribution in [0.2, 0.25) is 0 Å². The van der Waals surface area contributed by atoms with Gasteiger partial charge in [-0.3, -0.25) is 10.1 Å². The van der Waals surface area contributed by atoms with Crippen molar-refractivity contribution in [2.75, 3.05) is 11.9 Å². The van der Waals surface area contributed by atoms with Crippen LogP contribution in [-0.4, -0.2) is 22.6 Å². The first-order chi connectivity index (χ1) is 10.0. The summed E-state index contributed by atoms with van der Waals surface area (Å²) in [5.41, 5.74) is 2.39. The molecule has 1 aromatic heterocycles. The van der Waals surface area contributed by atoms with E-state index in [1.54, 1.807) is 0 Å². The summed E-state index contributed by atoms with van der Waals surface area (Å²) in [5.74, 6) is 0.224. The number of carbonyl (C=O) groups excluding carboxylic acids is 1. The smallest absolute Gasteiger partial charge is 0.240 e. The van der Waals surface area contributed by atoms with Gasteiger partial charge >= 0.3 is 0 Å². The van der Waals surface area contributed by atoms with Crippen molar-refractivity contribution < 1.29 is 4.79 Å². The van der Waals surface area contributed by atoms with E-state index in [0.29, 0.717) is 17.6 Å². The minimum Gasteiger partial charge on any atom is -0.304 e. The first-order valence-electron chi connectivity index (χ1n) is 6.94. The highest BCUT2D eigenvalue weighted by Gasteiger charge is 2.10. The number of aryl methyl sites for hydroxylation is 1. The molecule has 1 heterocycles. The monoisotopic (exact) mass is 304 g/mol. The fourth-order valence-electron chi connectivity index (χ4n) is 1.71. The second-order valence-corrected chi connectivity index (χ2v) is 6.25. The van der Waals surface area contributed by atoms with Gasteiger partial charge in [0.25, 0.3) is 0 Å². The molecule has 21 heavy (non-hydrogen) atoms. The lowest BCUT2D eigenvalue weighted by molar-refractivity contribution is -0.115. The van der Waals surface area contributed by atoms with Gasteiger partial charge in [-0.05, 0) is 12.5 Å². The molecule has 1 amide bonds. The minimum atomic E-state index is -0.103. The molecule has 0 aliphatic carbocycles. The molecule has 0 aliphatic rings. The van der Waals surface area contributed by atoms with Gasteiger partial charge in [0.2, 0.25) is 11.0 Å². The van der Waals surface area contributed by atoms with Crippen LogP contribution >= 0.6 is 11.3 Å². The molecule has 0 unspecified atom stereocenters. The Labute approximate surface area is 128 Å². The van der Waals surface area contributed by atoms with Gasteiger partial charge in [0.1, 0.15) is 5.01 Å². The maximum Gasteiger partial charge on any atom is 0.240 e. The van der Waals surface area contributed by atoms with Crippen LogP contribution in [0.5, 0.6) is 0 Å². The normalized spacial score (nSPS) is 10.9. The van der Waals surface area contributed by atoms with Crippen LogP contribution in [0.15, 0.2) is 24.3 Å². The molecule has 0 fully saturated rings. The lowest BCUT2D eigenvalue weighted by Gasteiger charge is -2.05. The standard InChI is InChI=1S/C15H20N4OS/c1-10(2)14-18-19-15(21-14)17-13(20)9-16-8-12-6-4-11(3)5-7-12/h4-7,10,16H,8-9H2,1-3H3,(H,17,19,20). The number of nitrogens with one attached hydrogen (secondary N) is 2. The molecule has 112 valence electrons. The van der Waals surface area contributed by atoms with E-state index >= 15 is 0 Å². The summed E-state index contributed by atoms with van der Waals surface area (Å²) in [6.45, 7) is 7.08. The van der Waals surface area contributed by atoms with Crippen molar-refractivity contribution in [2.45, 2.75) is 33.2 Å². The topological polar surface area (TPSA) is 66.9 Å². The van der Waals surface area contributed by atoms with Gasteiger partial charge in [0.05, 0.1) is 6.54 Å². The van der Waals surface area contributed by atoms with Crippen molar-refractivity contribution in [1.82, 2.24) is 15.5 Å². The van der Waals surface area contributed by atoms with E-state index < -0.39 is 0 Å². The molecule has 6 heteroatoms. The lowest BCUT2D eigenvalue weighted by atomic mass is 10.1. The maximum absolute atomic E-state index is 11.8. The molecule has 2 aromatic rings. The highest BCUT2D eigenvalue weighted by atomic mass is 32.1. The molecule has 5 nitrogen and oxygen atoms in total. The van der Waals surface area contributed by atoms with Crippen LogP contribution in [0.25, 0.3) is 0 Å². The van der Waals surface area contributed by atoms with Crippen molar-refractivity contribution >= 4 is 22.4 Å². The van der Waals surface area contributed by atoms with Crippen LogP contribution in [0.3, 0.4) is 0 Å². The van der Waals surface area contributed by atoms with E-state index in [1.807, 2.05) is 0 Å². The first-order valence-corrected chi connectivity index (χ1v) is 7.76. The summed E-state index contributed by atoms with van der Waals surface area (Å²) in [7, 11) is 0. The molecule has 0 atom stereocenters. The number of anilines is 1. The van der Waals surface area contributed by atoms with Crippen molar-refractivity contribution in [3.05, 3.63) is 40.4 Å². The highest BCUT2D eigenvalue weighted by Crippen LogP contribution is 2.22. The van der Waals surface area contributed by atoms with Crippen molar-refractivity contribution in [3.63, 3.8) is 0 Å². The Morgan fingerprint density at radius 2 is 1.95 bits per heavy atom. The Bertz CT molecular complexity index is 592. The second-order valence-electron chi connectivity index (χ2n) is 5.24. The van der Waals surface area contributed by atoms with E-state index in [4.69, 9.17) is 0 Å². The van der Waals surface area contributed by atoms with E-state index in [0.717, 1.165) is 10.6 Å². The number of nitrogens with zero attached hydrogens (tertiary/aromatic N) is 2. The van der Waals surface area contributed by atoms with Crippen LogP contribution in [0, 0.1) is 6.92 Å². The highest BCUT2D eigenvalue weighted by molar-refractivity contribution is 7.15. The van der Waals surface area contributed by atoms with E-state index in [-0.39, 0.29) is 12.5 Å². The molecule has 1 aromatic carbocycles. The molecule has 0 saturated heterocycles. The zero-order valence-corrected chi connectivity index (χ0v) is 13.3. The molecule has 0 aliphatic heterocycles. The Morgan fingerprint density at radius 1 is 1.24 bits per heavy atom. The third-order valence-corrected chi connectivity index (χ3v) is 4.06. The van der Waals surface area contributed by atoms with Crippen LogP contribution in [0.4, 0.5) is 5.13 Å². The number of rotatable bonds is 6. The van der Waals surface area contributed by atoms with Gasteiger partial charge in [0.15, 0.2) is 0 Å². The number of hydrogen-bond acceptors (Lipinski definition) is 5. The zero-order chi connectivity index (χ0) is 15.2. The number of carbonyl (C=O) groups is 1. The lowest BCUT2D eigenvalue weighted by Crippen LogP contribution is -2.27. The number of amides is 1. The third kappa shape index (κ3) is 4.91. The fraction of sp³-hybridized carbons (Fsp3) is 0.400. The van der Waals surface area contributed by atoms with Gasteiger partial charge in [-0.1, -0.05) is 55.0 Å². The average Bonchev–Trinajstić information content (AvgIpc) is 2.90. The summed E-state index contributed by atoms with van der Waals surface area (Å²) in [6, 6.07) is 8.23. The summed E-state index contributed by atoms with van der Waals surface area (Å²) >= 11 is 1.42. The van der Waals surface area contributed by atoms with Gasteiger partial charge < -0.3 is 5.32 Å². The van der Waals surface area contributed by atoms with Crippen LogP contribution in [0.1, 0.15) is 35.9 Å². The van der Waals surface area contributed by atoms with Gasteiger partial charge in [-0.15, -0.1) is 10.2 Å². The van der Waals surface area contributed by atoms with E-state index in [9.17, 15) is 4.79 Å². The molecule has 2 rings (SSSR count). The average molecular weight is 304 g/mol. The zero-order valence-electron chi connectivity index (χ0n) is 12.5. The largest absolute Gasteiger partial charge is 0.304 e. The van der Waals surface area contributed by atoms with E-state index in [1.165, 1.54) is 16.9 Å².